The second-order valence-electron chi connectivity index (χ2n) is 6.43. The maximum atomic E-state index is 11.8. The fourth-order valence-corrected chi connectivity index (χ4v) is 2.77. The third kappa shape index (κ3) is 9.85. The van der Waals surface area contributed by atoms with Crippen LogP contribution in [-0.4, -0.2) is 75.0 Å². The molecule has 0 aliphatic heterocycles. The molecule has 0 saturated heterocycles. The fourth-order valence-electron chi connectivity index (χ4n) is 2.44. The number of phenols is 2. The fraction of sp³-hybridized carbons (Fsp3) is 0.364. The van der Waals surface area contributed by atoms with Crippen molar-refractivity contribution in [1.82, 2.24) is 0 Å². The first-order chi connectivity index (χ1) is 15.9. The van der Waals surface area contributed by atoms with Crippen molar-refractivity contribution >= 4 is 35.1 Å². The molecule has 0 amide bonds. The first-order valence-electron chi connectivity index (χ1n) is 9.93. The predicted octanol–water partition coefficient (Wildman–Crippen LogP) is 3.47. The summed E-state index contributed by atoms with van der Waals surface area (Å²) in [5.74, 6) is -1.83. The van der Waals surface area contributed by atoms with Gasteiger partial charge in [0.05, 0.1) is 39.6 Å². The molecule has 0 spiro atoms. The molecule has 0 aliphatic rings. The zero-order valence-electron chi connectivity index (χ0n) is 17.6. The Morgan fingerprint density at radius 1 is 0.606 bits per heavy atom. The Labute approximate surface area is 200 Å². The zero-order chi connectivity index (χ0) is 24.1. The van der Waals surface area contributed by atoms with Crippen LogP contribution in [0.25, 0.3) is 0 Å². The van der Waals surface area contributed by atoms with E-state index in [1.807, 2.05) is 0 Å². The van der Waals surface area contributed by atoms with Gasteiger partial charge in [-0.3, -0.25) is 0 Å². The van der Waals surface area contributed by atoms with Crippen molar-refractivity contribution in [2.75, 3.05) is 52.9 Å². The molecule has 2 N–H and O–H groups in total. The maximum absolute atomic E-state index is 11.8. The van der Waals surface area contributed by atoms with Gasteiger partial charge in [0.1, 0.15) is 35.8 Å². The van der Waals surface area contributed by atoms with Crippen molar-refractivity contribution in [3.8, 4) is 11.5 Å². The average molecular weight is 503 g/mol. The van der Waals surface area contributed by atoms with Crippen molar-refractivity contribution in [1.29, 1.82) is 0 Å². The van der Waals surface area contributed by atoms with E-state index in [2.05, 4.69) is 0 Å². The molecule has 0 aromatic heterocycles. The first-order valence-corrected chi connectivity index (χ1v) is 10.7. The minimum absolute atomic E-state index is 0.0243. The van der Waals surface area contributed by atoms with E-state index < -0.39 is 11.9 Å². The summed E-state index contributed by atoms with van der Waals surface area (Å²) in [6.45, 7) is 1.63. The van der Waals surface area contributed by atoms with E-state index in [4.69, 9.17) is 46.9 Å². The van der Waals surface area contributed by atoms with E-state index >= 15 is 0 Å². The van der Waals surface area contributed by atoms with Crippen molar-refractivity contribution in [2.45, 2.75) is 0 Å². The van der Waals surface area contributed by atoms with Gasteiger partial charge in [-0.05, 0) is 36.4 Å². The topological polar surface area (TPSA) is 121 Å². The predicted molar refractivity (Wildman–Crippen MR) is 119 cm³/mol. The van der Waals surface area contributed by atoms with E-state index in [0.717, 1.165) is 0 Å². The van der Waals surface area contributed by atoms with Crippen LogP contribution in [0.3, 0.4) is 0 Å². The van der Waals surface area contributed by atoms with Crippen molar-refractivity contribution in [2.24, 2.45) is 0 Å². The van der Waals surface area contributed by atoms with Gasteiger partial charge in [-0.15, -0.1) is 0 Å². The molecule has 0 radical (unpaired) electrons. The number of phenolic OH excluding ortho intramolecular Hbond substituents is 2. The highest BCUT2D eigenvalue weighted by Crippen LogP contribution is 2.23. The number of hydrogen-bond donors (Lipinski definition) is 2. The number of rotatable bonds is 14. The molecule has 11 heteroatoms. The lowest BCUT2D eigenvalue weighted by Gasteiger charge is -2.09. The van der Waals surface area contributed by atoms with E-state index in [-0.39, 0.29) is 49.1 Å². The van der Waals surface area contributed by atoms with E-state index in [1.54, 1.807) is 0 Å². The summed E-state index contributed by atoms with van der Waals surface area (Å²) in [6.07, 6.45) is 0. The van der Waals surface area contributed by atoms with E-state index in [9.17, 15) is 19.8 Å². The molecule has 0 aliphatic carbocycles. The van der Waals surface area contributed by atoms with Gasteiger partial charge in [-0.25, -0.2) is 9.59 Å². The number of ether oxygens (including phenoxy) is 5. The lowest BCUT2D eigenvalue weighted by atomic mass is 10.2. The summed E-state index contributed by atoms with van der Waals surface area (Å²) < 4.78 is 25.9. The second-order valence-corrected chi connectivity index (χ2v) is 7.30. The van der Waals surface area contributed by atoms with Crippen LogP contribution >= 0.6 is 23.2 Å². The van der Waals surface area contributed by atoms with Gasteiger partial charge in [0.15, 0.2) is 0 Å². The molecule has 0 atom stereocenters. The quantitative estimate of drug-likeness (QED) is 0.295. The van der Waals surface area contributed by atoms with Crippen LogP contribution in [0, 0.1) is 0 Å². The highest BCUT2D eigenvalue weighted by Gasteiger charge is 2.13. The molecule has 0 heterocycles. The van der Waals surface area contributed by atoms with Crippen LogP contribution in [-0.2, 0) is 23.7 Å². The zero-order valence-corrected chi connectivity index (χ0v) is 19.1. The van der Waals surface area contributed by atoms with Crippen molar-refractivity contribution < 1.29 is 43.5 Å². The number of benzene rings is 2. The van der Waals surface area contributed by atoms with Crippen LogP contribution in [0.5, 0.6) is 11.5 Å². The summed E-state index contributed by atoms with van der Waals surface area (Å²) in [5, 5.41) is 20.0. The van der Waals surface area contributed by atoms with Crippen molar-refractivity contribution in [3.63, 3.8) is 0 Å². The average Bonchev–Trinajstić information content (AvgIpc) is 2.76. The number of hydrogen-bond acceptors (Lipinski definition) is 9. The maximum Gasteiger partial charge on any atom is 0.341 e. The molecule has 0 fully saturated rings. The first kappa shape index (κ1) is 26.7. The normalized spacial score (nSPS) is 10.7. The second kappa shape index (κ2) is 14.6. The molecule has 2 aromatic rings. The number of carbonyl (C=O) groups excluding carboxylic acids is 2. The van der Waals surface area contributed by atoms with Gasteiger partial charge in [0, 0.05) is 10.0 Å². The van der Waals surface area contributed by atoms with Gasteiger partial charge in [0.25, 0.3) is 0 Å². The summed E-state index contributed by atoms with van der Waals surface area (Å²) in [4.78, 5) is 23.7. The van der Waals surface area contributed by atoms with Gasteiger partial charge in [-0.1, -0.05) is 23.2 Å². The SMILES string of the molecule is O=C(OCCOCCOCCOCCOC(=O)c1ccc(Cl)cc1O)c1ccc(Cl)cc1O. The molecule has 2 aromatic carbocycles. The smallest absolute Gasteiger partial charge is 0.341 e. The largest absolute Gasteiger partial charge is 0.507 e. The minimum atomic E-state index is -0.670. The van der Waals surface area contributed by atoms with Gasteiger partial charge < -0.3 is 33.9 Å². The molecule has 2 rings (SSSR count). The Kier molecular flexibility index (Phi) is 11.8. The summed E-state index contributed by atoms with van der Waals surface area (Å²) in [6, 6.07) is 8.24. The lowest BCUT2D eigenvalue weighted by molar-refractivity contribution is -0.00681. The standard InChI is InChI=1S/C22H24Cl2O9/c23-15-1-3-17(19(25)13-15)21(27)32-11-9-30-7-5-29-6-8-31-10-12-33-22(28)18-4-2-16(24)14-20(18)26/h1-4,13-14,25-26H,5-12H2. The van der Waals surface area contributed by atoms with Crippen molar-refractivity contribution in [3.05, 3.63) is 57.6 Å². The minimum Gasteiger partial charge on any atom is -0.507 e. The van der Waals surface area contributed by atoms with Crippen LogP contribution in [0.2, 0.25) is 10.0 Å². The molecule has 0 unspecified atom stereocenters. The molecular weight excluding hydrogens is 479 g/mol. The molecule has 180 valence electrons. The monoisotopic (exact) mass is 502 g/mol. The summed E-state index contributed by atoms with van der Waals surface area (Å²) in [7, 11) is 0. The third-order valence-corrected chi connectivity index (χ3v) is 4.50. The Balaban J connectivity index is 1.41. The van der Waals surface area contributed by atoms with Crippen LogP contribution in [0.4, 0.5) is 0 Å². The van der Waals surface area contributed by atoms with Gasteiger partial charge in [-0.2, -0.15) is 0 Å². The van der Waals surface area contributed by atoms with Crippen LogP contribution in [0.15, 0.2) is 36.4 Å². The molecule has 0 saturated carbocycles. The summed E-state index contributed by atoms with van der Waals surface area (Å²) in [5.41, 5.74) is 0.0567. The molecule has 9 nitrogen and oxygen atoms in total. The van der Waals surface area contributed by atoms with Crippen LogP contribution in [0.1, 0.15) is 20.7 Å². The lowest BCUT2D eigenvalue weighted by Crippen LogP contribution is -2.15. The van der Waals surface area contributed by atoms with E-state index in [1.165, 1.54) is 36.4 Å². The Morgan fingerprint density at radius 3 is 1.27 bits per heavy atom. The van der Waals surface area contributed by atoms with Crippen LogP contribution < -0.4 is 0 Å². The highest BCUT2D eigenvalue weighted by atomic mass is 35.5. The Bertz CT molecular complexity index is 847. The molecule has 0 bridgehead atoms. The van der Waals surface area contributed by atoms with Gasteiger partial charge >= 0.3 is 11.9 Å². The molecular formula is C22H24Cl2O9. The number of halogens is 2. The van der Waals surface area contributed by atoms with Gasteiger partial charge in [0.2, 0.25) is 0 Å². The molecule has 33 heavy (non-hydrogen) atoms. The number of aromatic hydroxyl groups is 2. The third-order valence-electron chi connectivity index (χ3n) is 4.03. The Hall–Kier alpha value is -2.56. The summed E-state index contributed by atoms with van der Waals surface area (Å²) >= 11 is 11.4. The highest BCUT2D eigenvalue weighted by molar-refractivity contribution is 6.31. The van der Waals surface area contributed by atoms with E-state index in [0.29, 0.717) is 36.5 Å². The Morgan fingerprint density at radius 2 is 0.939 bits per heavy atom. The number of carbonyl (C=O) groups is 2. The number of esters is 2.